The quantitative estimate of drug-likeness (QED) is 0.756. The van der Waals surface area contributed by atoms with Gasteiger partial charge in [-0.3, -0.25) is 14.8 Å². The van der Waals surface area contributed by atoms with Crippen LogP contribution in [0.4, 0.5) is 5.13 Å². The summed E-state index contributed by atoms with van der Waals surface area (Å²) in [7, 11) is 1.12. The lowest BCUT2D eigenvalue weighted by molar-refractivity contribution is 0.101. The van der Waals surface area contributed by atoms with Gasteiger partial charge in [0, 0.05) is 27.3 Å². The maximum atomic E-state index is 12.2. The summed E-state index contributed by atoms with van der Waals surface area (Å²) < 4.78 is 27.7. The highest BCUT2D eigenvalue weighted by Gasteiger charge is 2.19. The summed E-state index contributed by atoms with van der Waals surface area (Å²) in [4.78, 5) is 16.7. The van der Waals surface area contributed by atoms with Gasteiger partial charge in [0.2, 0.25) is 10.0 Å². The van der Waals surface area contributed by atoms with Crippen LogP contribution in [0.5, 0.6) is 0 Å². The number of nitrogens with one attached hydrogen (secondary N) is 1. The SMILES string of the molecule is CN(C)S(=O)(=O)c1ccc2nc(NC(=O)c3ccnn3C)sc2c1. The smallest absolute Gasteiger partial charge is 0.275 e. The molecule has 2 heterocycles. The third-order valence-electron chi connectivity index (χ3n) is 3.41. The molecule has 0 aliphatic carbocycles. The van der Waals surface area contributed by atoms with Crippen molar-refractivity contribution in [3.63, 3.8) is 0 Å². The fourth-order valence-corrected chi connectivity index (χ4v) is 3.99. The van der Waals surface area contributed by atoms with Crippen LogP contribution in [0.2, 0.25) is 0 Å². The zero-order chi connectivity index (χ0) is 17.5. The Hall–Kier alpha value is -2.30. The lowest BCUT2D eigenvalue weighted by atomic mass is 10.3. The molecule has 24 heavy (non-hydrogen) atoms. The van der Waals surface area contributed by atoms with Crippen molar-refractivity contribution in [2.45, 2.75) is 4.90 Å². The number of carbonyl (C=O) groups excluding carboxylic acids is 1. The Morgan fingerprint density at radius 2 is 2.04 bits per heavy atom. The summed E-state index contributed by atoms with van der Waals surface area (Å²) in [6, 6.07) is 6.29. The summed E-state index contributed by atoms with van der Waals surface area (Å²) in [6.45, 7) is 0. The lowest BCUT2D eigenvalue weighted by Crippen LogP contribution is -2.22. The van der Waals surface area contributed by atoms with Crippen LogP contribution in [0.3, 0.4) is 0 Å². The molecule has 0 spiro atoms. The molecule has 0 radical (unpaired) electrons. The first-order chi connectivity index (χ1) is 11.3. The number of aryl methyl sites for hydroxylation is 1. The summed E-state index contributed by atoms with van der Waals surface area (Å²) in [6.07, 6.45) is 1.53. The average Bonchev–Trinajstić information content (AvgIpc) is 3.11. The van der Waals surface area contributed by atoms with E-state index in [4.69, 9.17) is 0 Å². The van der Waals surface area contributed by atoms with Crippen molar-refractivity contribution in [2.75, 3.05) is 19.4 Å². The predicted molar refractivity (Wildman–Crippen MR) is 91.7 cm³/mol. The molecule has 1 aromatic carbocycles. The molecule has 0 unspecified atom stereocenters. The molecule has 10 heteroatoms. The zero-order valence-electron chi connectivity index (χ0n) is 13.2. The Bertz CT molecular complexity index is 1020. The minimum atomic E-state index is -3.51. The molecule has 0 saturated carbocycles. The van der Waals surface area contributed by atoms with E-state index in [9.17, 15) is 13.2 Å². The van der Waals surface area contributed by atoms with Gasteiger partial charge < -0.3 is 0 Å². The number of nitrogens with zero attached hydrogens (tertiary/aromatic N) is 4. The number of rotatable bonds is 4. The number of amides is 1. The number of benzene rings is 1. The Morgan fingerprint density at radius 3 is 2.67 bits per heavy atom. The monoisotopic (exact) mass is 365 g/mol. The number of hydrogen-bond acceptors (Lipinski definition) is 6. The largest absolute Gasteiger partial charge is 0.296 e. The molecule has 1 amide bonds. The molecule has 0 aliphatic heterocycles. The van der Waals surface area contributed by atoms with Gasteiger partial charge >= 0.3 is 0 Å². The van der Waals surface area contributed by atoms with Crippen molar-refractivity contribution >= 4 is 42.6 Å². The Morgan fingerprint density at radius 1 is 1.29 bits per heavy atom. The van der Waals surface area contributed by atoms with Crippen LogP contribution in [0, 0.1) is 0 Å². The first kappa shape index (κ1) is 16.6. The molecule has 2 aromatic heterocycles. The van der Waals surface area contributed by atoms with Gasteiger partial charge in [-0.2, -0.15) is 5.10 Å². The number of aromatic nitrogens is 3. The summed E-state index contributed by atoms with van der Waals surface area (Å²) in [5.74, 6) is -0.324. The van der Waals surface area contributed by atoms with Gasteiger partial charge in [-0.1, -0.05) is 11.3 Å². The Kier molecular flexibility index (Phi) is 4.11. The van der Waals surface area contributed by atoms with E-state index < -0.39 is 10.0 Å². The van der Waals surface area contributed by atoms with E-state index in [-0.39, 0.29) is 10.8 Å². The van der Waals surface area contributed by atoms with Crippen LogP contribution >= 0.6 is 11.3 Å². The second kappa shape index (κ2) is 5.96. The third-order valence-corrected chi connectivity index (χ3v) is 6.16. The number of fused-ring (bicyclic) bond motifs is 1. The third kappa shape index (κ3) is 2.90. The number of sulfonamides is 1. The van der Waals surface area contributed by atoms with Gasteiger partial charge in [-0.15, -0.1) is 0 Å². The molecule has 0 aliphatic rings. The highest BCUT2D eigenvalue weighted by atomic mass is 32.2. The fraction of sp³-hybridized carbons (Fsp3) is 0.214. The van der Waals surface area contributed by atoms with E-state index in [1.807, 2.05) is 0 Å². The fourth-order valence-electron chi connectivity index (χ4n) is 2.09. The van der Waals surface area contributed by atoms with E-state index in [0.717, 1.165) is 4.31 Å². The lowest BCUT2D eigenvalue weighted by Gasteiger charge is -2.10. The Balaban J connectivity index is 1.92. The van der Waals surface area contributed by atoms with E-state index in [1.54, 1.807) is 25.2 Å². The Labute approximate surface area is 142 Å². The van der Waals surface area contributed by atoms with Crippen molar-refractivity contribution < 1.29 is 13.2 Å². The molecule has 8 nitrogen and oxygen atoms in total. The molecule has 0 fully saturated rings. The molecule has 1 N–H and O–H groups in total. The van der Waals surface area contributed by atoms with Gasteiger partial charge in [0.15, 0.2) is 5.13 Å². The topological polar surface area (TPSA) is 97.2 Å². The van der Waals surface area contributed by atoms with Gasteiger partial charge in [-0.25, -0.2) is 17.7 Å². The summed E-state index contributed by atoms with van der Waals surface area (Å²) in [5.41, 5.74) is 1.03. The van der Waals surface area contributed by atoms with Gasteiger partial charge in [-0.05, 0) is 24.3 Å². The molecular formula is C14H15N5O3S2. The molecule has 126 valence electrons. The van der Waals surface area contributed by atoms with Crippen LogP contribution in [-0.4, -0.2) is 47.5 Å². The predicted octanol–water partition coefficient (Wildman–Crippen LogP) is 1.53. The van der Waals surface area contributed by atoms with Crippen LogP contribution in [-0.2, 0) is 17.1 Å². The summed E-state index contributed by atoms with van der Waals surface area (Å²) >= 11 is 1.22. The molecule has 0 atom stereocenters. The highest BCUT2D eigenvalue weighted by Crippen LogP contribution is 2.29. The first-order valence-electron chi connectivity index (χ1n) is 6.91. The molecular weight excluding hydrogens is 350 g/mol. The zero-order valence-corrected chi connectivity index (χ0v) is 14.8. The molecule has 0 saturated heterocycles. The number of thiazole rings is 1. The normalized spacial score (nSPS) is 12.0. The van der Waals surface area contributed by atoms with Crippen molar-refractivity contribution in [3.05, 3.63) is 36.2 Å². The van der Waals surface area contributed by atoms with Crippen molar-refractivity contribution in [1.29, 1.82) is 0 Å². The van der Waals surface area contributed by atoms with Gasteiger partial charge in [0.05, 0.1) is 15.1 Å². The number of anilines is 1. The number of hydrogen-bond donors (Lipinski definition) is 1. The first-order valence-corrected chi connectivity index (χ1v) is 9.17. The van der Waals surface area contributed by atoms with Crippen LogP contribution in [0.25, 0.3) is 10.2 Å². The van der Waals surface area contributed by atoms with Gasteiger partial charge in [0.1, 0.15) is 5.69 Å². The van der Waals surface area contributed by atoms with E-state index in [2.05, 4.69) is 15.4 Å². The van der Waals surface area contributed by atoms with Gasteiger partial charge in [0.25, 0.3) is 5.91 Å². The molecule has 3 rings (SSSR count). The van der Waals surface area contributed by atoms with E-state index in [1.165, 1.54) is 42.4 Å². The maximum Gasteiger partial charge on any atom is 0.275 e. The summed E-state index contributed by atoms with van der Waals surface area (Å²) in [5, 5.41) is 7.05. The van der Waals surface area contributed by atoms with Crippen molar-refractivity contribution in [1.82, 2.24) is 19.1 Å². The standard InChI is InChI=1S/C14H15N5O3S2/c1-18(2)24(21,22)9-4-5-10-12(8-9)23-14(16-10)17-13(20)11-6-7-15-19(11)3/h4-8H,1-3H3,(H,16,17,20). The maximum absolute atomic E-state index is 12.2. The van der Waals surface area contributed by atoms with E-state index in [0.29, 0.717) is 21.0 Å². The highest BCUT2D eigenvalue weighted by molar-refractivity contribution is 7.89. The second-order valence-electron chi connectivity index (χ2n) is 5.23. The molecule has 0 bridgehead atoms. The average molecular weight is 365 g/mol. The second-order valence-corrected chi connectivity index (χ2v) is 8.41. The van der Waals surface area contributed by atoms with Crippen molar-refractivity contribution in [2.24, 2.45) is 7.05 Å². The number of carbonyl (C=O) groups is 1. The minimum absolute atomic E-state index is 0.188. The van der Waals surface area contributed by atoms with Crippen LogP contribution < -0.4 is 5.32 Å². The molecule has 3 aromatic rings. The van der Waals surface area contributed by atoms with Crippen molar-refractivity contribution in [3.8, 4) is 0 Å². The van der Waals surface area contributed by atoms with E-state index >= 15 is 0 Å². The van der Waals surface area contributed by atoms with Crippen LogP contribution in [0.15, 0.2) is 35.4 Å². The van der Waals surface area contributed by atoms with Crippen LogP contribution in [0.1, 0.15) is 10.5 Å². The minimum Gasteiger partial charge on any atom is -0.296 e.